The molecule has 0 spiro atoms. The third-order valence-corrected chi connectivity index (χ3v) is 5.84. The highest BCUT2D eigenvalue weighted by Gasteiger charge is 2.25. The molecular weight excluding hydrogens is 406 g/mol. The maximum atomic E-state index is 13.0. The van der Waals surface area contributed by atoms with Crippen molar-refractivity contribution in [3.63, 3.8) is 0 Å². The Hall–Kier alpha value is -1.70. The molecule has 0 fully saturated rings. The molecule has 0 aliphatic heterocycles. The van der Waals surface area contributed by atoms with Gasteiger partial charge in [0.1, 0.15) is 0 Å². The monoisotopic (exact) mass is 425 g/mol. The lowest BCUT2D eigenvalue weighted by Crippen LogP contribution is -2.33. The summed E-state index contributed by atoms with van der Waals surface area (Å²) in [6.45, 7) is 2.24. The van der Waals surface area contributed by atoms with Gasteiger partial charge in [-0.3, -0.25) is 4.79 Å². The third-order valence-electron chi connectivity index (χ3n) is 3.51. The Labute approximate surface area is 156 Å². The van der Waals surface area contributed by atoms with Gasteiger partial charge >= 0.3 is 5.97 Å². The van der Waals surface area contributed by atoms with Gasteiger partial charge in [0.2, 0.25) is 10.0 Å². The van der Waals surface area contributed by atoms with Crippen LogP contribution in [-0.2, 0) is 26.1 Å². The van der Waals surface area contributed by atoms with E-state index in [0.717, 1.165) is 5.56 Å². The number of carbonyl (C=O) groups is 1. The number of hydrogen-bond donors (Lipinski definition) is 0. The summed E-state index contributed by atoms with van der Waals surface area (Å²) < 4.78 is 32.9. The molecule has 0 radical (unpaired) electrons. The number of rotatable bonds is 8. The highest BCUT2D eigenvalue weighted by atomic mass is 79.9. The normalized spacial score (nSPS) is 11.5. The van der Waals surface area contributed by atoms with E-state index in [0.29, 0.717) is 4.47 Å². The van der Waals surface area contributed by atoms with Crippen LogP contribution < -0.4 is 0 Å². The second-order valence-corrected chi connectivity index (χ2v) is 8.19. The van der Waals surface area contributed by atoms with E-state index in [1.807, 2.05) is 30.3 Å². The van der Waals surface area contributed by atoms with Crippen LogP contribution in [-0.4, -0.2) is 31.8 Å². The predicted molar refractivity (Wildman–Crippen MR) is 99.4 cm³/mol. The SMILES string of the molecule is CCOC(=O)CCN(Cc1ccccc1)S(=O)(=O)c1cccc(Br)c1. The van der Waals surface area contributed by atoms with E-state index < -0.39 is 16.0 Å². The highest BCUT2D eigenvalue weighted by molar-refractivity contribution is 9.10. The first-order valence-corrected chi connectivity index (χ1v) is 10.1. The molecule has 2 rings (SSSR count). The van der Waals surface area contributed by atoms with Gasteiger partial charge in [-0.25, -0.2) is 8.42 Å². The average Bonchev–Trinajstić information content (AvgIpc) is 2.59. The summed E-state index contributed by atoms with van der Waals surface area (Å²) in [4.78, 5) is 11.8. The standard InChI is InChI=1S/C18H20BrNO4S/c1-2-24-18(21)11-12-20(14-15-7-4-3-5-8-15)25(22,23)17-10-6-9-16(19)13-17/h3-10,13H,2,11-12,14H2,1H3. The van der Waals surface area contributed by atoms with Crippen molar-refractivity contribution in [3.05, 3.63) is 64.6 Å². The first-order chi connectivity index (χ1) is 11.9. The number of hydrogen-bond acceptors (Lipinski definition) is 4. The Morgan fingerprint density at radius 2 is 1.84 bits per heavy atom. The van der Waals surface area contributed by atoms with E-state index in [1.165, 1.54) is 4.31 Å². The lowest BCUT2D eigenvalue weighted by molar-refractivity contribution is -0.143. The Morgan fingerprint density at radius 1 is 1.12 bits per heavy atom. The van der Waals surface area contributed by atoms with E-state index in [4.69, 9.17) is 4.74 Å². The predicted octanol–water partition coefficient (Wildman–Crippen LogP) is 3.59. The molecule has 0 aromatic heterocycles. The smallest absolute Gasteiger partial charge is 0.307 e. The molecule has 0 bridgehead atoms. The van der Waals surface area contributed by atoms with Gasteiger partial charge in [0.25, 0.3) is 0 Å². The van der Waals surface area contributed by atoms with Crippen molar-refractivity contribution in [2.45, 2.75) is 24.8 Å². The molecule has 0 aliphatic carbocycles. The van der Waals surface area contributed by atoms with Crippen molar-refractivity contribution in [1.29, 1.82) is 0 Å². The minimum absolute atomic E-state index is 0.00784. The number of ether oxygens (including phenoxy) is 1. The van der Waals surface area contributed by atoms with Gasteiger partial charge in [-0.2, -0.15) is 4.31 Å². The number of sulfonamides is 1. The van der Waals surface area contributed by atoms with E-state index in [-0.39, 0.29) is 31.0 Å². The molecule has 0 atom stereocenters. The van der Waals surface area contributed by atoms with Gasteiger partial charge < -0.3 is 4.74 Å². The molecule has 0 saturated heterocycles. The highest BCUT2D eigenvalue weighted by Crippen LogP contribution is 2.22. The molecule has 0 amide bonds. The topological polar surface area (TPSA) is 63.7 Å². The molecule has 2 aromatic carbocycles. The summed E-state index contributed by atoms with van der Waals surface area (Å²) in [6, 6.07) is 15.8. The first kappa shape index (κ1) is 19.6. The zero-order valence-corrected chi connectivity index (χ0v) is 16.3. The average molecular weight is 426 g/mol. The maximum absolute atomic E-state index is 13.0. The second-order valence-electron chi connectivity index (χ2n) is 5.34. The Balaban J connectivity index is 2.27. The largest absolute Gasteiger partial charge is 0.466 e. The van der Waals surface area contributed by atoms with E-state index in [9.17, 15) is 13.2 Å². The Morgan fingerprint density at radius 3 is 2.48 bits per heavy atom. The Bertz CT molecular complexity index is 809. The molecule has 7 heteroatoms. The van der Waals surface area contributed by atoms with Crippen molar-refractivity contribution >= 4 is 31.9 Å². The van der Waals surface area contributed by atoms with Crippen LogP contribution in [0.5, 0.6) is 0 Å². The van der Waals surface area contributed by atoms with Gasteiger partial charge in [-0.1, -0.05) is 52.3 Å². The van der Waals surface area contributed by atoms with Gasteiger partial charge in [0.05, 0.1) is 17.9 Å². The summed E-state index contributed by atoms with van der Waals surface area (Å²) >= 11 is 3.30. The summed E-state index contributed by atoms with van der Waals surface area (Å²) in [5.74, 6) is -0.412. The first-order valence-electron chi connectivity index (χ1n) is 7.88. The number of carbonyl (C=O) groups excluding carboxylic acids is 1. The lowest BCUT2D eigenvalue weighted by atomic mass is 10.2. The molecule has 0 unspecified atom stereocenters. The maximum Gasteiger partial charge on any atom is 0.307 e. The molecule has 25 heavy (non-hydrogen) atoms. The van der Waals surface area contributed by atoms with Gasteiger partial charge in [-0.05, 0) is 30.7 Å². The van der Waals surface area contributed by atoms with Crippen LogP contribution in [0.4, 0.5) is 0 Å². The lowest BCUT2D eigenvalue weighted by Gasteiger charge is -2.22. The van der Waals surface area contributed by atoms with Gasteiger partial charge in [0.15, 0.2) is 0 Å². The fourth-order valence-electron chi connectivity index (χ4n) is 2.30. The van der Waals surface area contributed by atoms with Crippen molar-refractivity contribution in [3.8, 4) is 0 Å². The minimum Gasteiger partial charge on any atom is -0.466 e. The van der Waals surface area contributed by atoms with E-state index in [1.54, 1.807) is 31.2 Å². The van der Waals surface area contributed by atoms with Crippen LogP contribution in [0.2, 0.25) is 0 Å². The summed E-state index contributed by atoms with van der Waals surface area (Å²) in [5, 5.41) is 0. The van der Waals surface area contributed by atoms with Crippen LogP contribution in [0.1, 0.15) is 18.9 Å². The molecule has 2 aromatic rings. The summed E-state index contributed by atoms with van der Waals surface area (Å²) in [6.07, 6.45) is 0.00784. The zero-order chi connectivity index (χ0) is 18.3. The molecule has 0 saturated carbocycles. The van der Waals surface area contributed by atoms with Crippen LogP contribution in [0, 0.1) is 0 Å². The number of esters is 1. The van der Waals surface area contributed by atoms with Crippen LogP contribution in [0.25, 0.3) is 0 Å². The van der Waals surface area contributed by atoms with Crippen molar-refractivity contribution in [1.82, 2.24) is 4.31 Å². The quantitative estimate of drug-likeness (QED) is 0.606. The third kappa shape index (κ3) is 5.66. The molecule has 5 nitrogen and oxygen atoms in total. The van der Waals surface area contributed by atoms with E-state index in [2.05, 4.69) is 15.9 Å². The van der Waals surface area contributed by atoms with Crippen LogP contribution in [0.15, 0.2) is 64.0 Å². The summed E-state index contributed by atoms with van der Waals surface area (Å²) in [5.41, 5.74) is 0.852. The van der Waals surface area contributed by atoms with Crippen molar-refractivity contribution < 1.29 is 17.9 Å². The van der Waals surface area contributed by atoms with Gasteiger partial charge in [-0.15, -0.1) is 0 Å². The van der Waals surface area contributed by atoms with E-state index >= 15 is 0 Å². The minimum atomic E-state index is -3.74. The summed E-state index contributed by atoms with van der Waals surface area (Å²) in [7, 11) is -3.74. The second kappa shape index (κ2) is 9.12. The number of benzene rings is 2. The number of nitrogens with zero attached hydrogens (tertiary/aromatic N) is 1. The molecule has 0 aliphatic rings. The van der Waals surface area contributed by atoms with Gasteiger partial charge in [0, 0.05) is 17.6 Å². The van der Waals surface area contributed by atoms with Crippen molar-refractivity contribution in [2.24, 2.45) is 0 Å². The number of halogens is 1. The molecule has 0 heterocycles. The Kier molecular flexibility index (Phi) is 7.16. The fourth-order valence-corrected chi connectivity index (χ4v) is 4.32. The molecular formula is C18H20BrNO4S. The van der Waals surface area contributed by atoms with Crippen molar-refractivity contribution in [2.75, 3.05) is 13.2 Å². The zero-order valence-electron chi connectivity index (χ0n) is 13.9. The van der Waals surface area contributed by atoms with Crippen LogP contribution in [0.3, 0.4) is 0 Å². The fraction of sp³-hybridized carbons (Fsp3) is 0.278. The van der Waals surface area contributed by atoms with Crippen LogP contribution >= 0.6 is 15.9 Å². The molecule has 134 valence electrons. The molecule has 0 N–H and O–H groups in total.